The molecule has 0 saturated carbocycles. The number of aliphatic hydroxyl groups excluding tert-OH is 1. The van der Waals surface area contributed by atoms with E-state index in [1.807, 2.05) is 65.0 Å². The molecule has 1 fully saturated rings. The van der Waals surface area contributed by atoms with Gasteiger partial charge in [0.05, 0.1) is 28.4 Å². The Kier molecular flexibility index (Phi) is 6.80. The number of aliphatic hydroxyl groups is 1. The van der Waals surface area contributed by atoms with E-state index in [9.17, 15) is 14.7 Å². The van der Waals surface area contributed by atoms with Crippen molar-refractivity contribution in [2.75, 3.05) is 11.5 Å². The zero-order valence-corrected chi connectivity index (χ0v) is 23.0. The number of thiazole rings is 1. The highest BCUT2D eigenvalue weighted by atomic mass is 32.1. The number of ketones is 1. The first-order valence-corrected chi connectivity index (χ1v) is 13.5. The van der Waals surface area contributed by atoms with Crippen molar-refractivity contribution in [2.45, 2.75) is 47.1 Å². The molecule has 2 heterocycles. The van der Waals surface area contributed by atoms with Crippen LogP contribution in [-0.4, -0.2) is 28.4 Å². The number of fused-ring (bicyclic) bond motifs is 1. The Labute approximate surface area is 226 Å². The number of aryl methyl sites for hydroxylation is 4. The summed E-state index contributed by atoms with van der Waals surface area (Å²) in [4.78, 5) is 33.3. The maximum absolute atomic E-state index is 13.5. The van der Waals surface area contributed by atoms with Crippen LogP contribution in [0.4, 0.5) is 5.13 Å². The quantitative estimate of drug-likeness (QED) is 0.167. The highest BCUT2D eigenvalue weighted by molar-refractivity contribution is 7.22. The molecule has 194 valence electrons. The molecule has 1 amide bonds. The summed E-state index contributed by atoms with van der Waals surface area (Å²) in [5, 5.41) is 11.9. The van der Waals surface area contributed by atoms with Crippen molar-refractivity contribution in [3.05, 3.63) is 93.6 Å². The third-order valence-corrected chi connectivity index (χ3v) is 7.93. The molecule has 1 aromatic heterocycles. The molecule has 1 aliphatic rings. The summed E-state index contributed by atoms with van der Waals surface area (Å²) in [7, 11) is 0. The van der Waals surface area contributed by atoms with Gasteiger partial charge in [0.1, 0.15) is 11.5 Å². The molecule has 3 aromatic carbocycles. The Hall–Kier alpha value is -3.97. The van der Waals surface area contributed by atoms with Crippen LogP contribution < -0.4 is 9.64 Å². The van der Waals surface area contributed by atoms with Gasteiger partial charge in [0.25, 0.3) is 5.78 Å². The van der Waals surface area contributed by atoms with Crippen molar-refractivity contribution in [2.24, 2.45) is 0 Å². The average Bonchev–Trinajstić information content (AvgIpc) is 3.40. The Morgan fingerprint density at radius 2 is 1.76 bits per heavy atom. The number of rotatable bonds is 6. The molecule has 0 bridgehead atoms. The monoisotopic (exact) mass is 526 g/mol. The largest absolute Gasteiger partial charge is 0.507 e. The number of anilines is 1. The van der Waals surface area contributed by atoms with Gasteiger partial charge in [-0.2, -0.15) is 0 Å². The summed E-state index contributed by atoms with van der Waals surface area (Å²) in [5.41, 5.74) is 6.07. The van der Waals surface area contributed by atoms with Crippen molar-refractivity contribution >= 4 is 44.1 Å². The predicted octanol–water partition coefficient (Wildman–Crippen LogP) is 6.95. The highest BCUT2D eigenvalue weighted by Crippen LogP contribution is 2.45. The number of hydrogen-bond acceptors (Lipinski definition) is 6. The lowest BCUT2D eigenvalue weighted by Crippen LogP contribution is -2.29. The van der Waals surface area contributed by atoms with Gasteiger partial charge in [0, 0.05) is 5.56 Å². The third kappa shape index (κ3) is 4.47. The summed E-state index contributed by atoms with van der Waals surface area (Å²) in [6, 6.07) is 16.2. The van der Waals surface area contributed by atoms with E-state index in [1.54, 1.807) is 18.2 Å². The number of hydrogen-bond donors (Lipinski definition) is 1. The molecule has 1 N–H and O–H groups in total. The molecular weight excluding hydrogens is 496 g/mol. The zero-order valence-electron chi connectivity index (χ0n) is 22.2. The van der Waals surface area contributed by atoms with Gasteiger partial charge in [-0.05, 0) is 86.7 Å². The second-order valence-electron chi connectivity index (χ2n) is 9.81. The summed E-state index contributed by atoms with van der Waals surface area (Å²) in [6.07, 6.45) is 0.881. The summed E-state index contributed by atoms with van der Waals surface area (Å²) in [6.45, 7) is 10.5. The molecule has 0 spiro atoms. The third-order valence-electron chi connectivity index (χ3n) is 6.91. The minimum Gasteiger partial charge on any atom is -0.507 e. The lowest BCUT2D eigenvalue weighted by atomic mass is 9.94. The fourth-order valence-electron chi connectivity index (χ4n) is 4.78. The van der Waals surface area contributed by atoms with Gasteiger partial charge < -0.3 is 9.84 Å². The van der Waals surface area contributed by atoms with Crippen molar-refractivity contribution in [3.8, 4) is 5.75 Å². The molecule has 0 radical (unpaired) electrons. The average molecular weight is 527 g/mol. The molecule has 7 heteroatoms. The second-order valence-corrected chi connectivity index (χ2v) is 10.8. The Morgan fingerprint density at radius 3 is 2.47 bits per heavy atom. The van der Waals surface area contributed by atoms with Crippen molar-refractivity contribution in [1.82, 2.24) is 4.98 Å². The van der Waals surface area contributed by atoms with Gasteiger partial charge in [-0.1, -0.05) is 48.1 Å². The molecule has 1 saturated heterocycles. The van der Waals surface area contributed by atoms with Gasteiger partial charge in [0.15, 0.2) is 5.13 Å². The SMILES string of the molecule is CCCOc1ccc(/C(O)=C2\C(=O)C(=O)N(c3nc4cc(C)c(C)cc4s3)C2c2cccc(C)c2)cc1C. The minimum absolute atomic E-state index is 0.0499. The molecule has 1 aliphatic heterocycles. The van der Waals surface area contributed by atoms with Crippen LogP contribution in [0.1, 0.15) is 52.8 Å². The fourth-order valence-corrected chi connectivity index (χ4v) is 5.85. The van der Waals surface area contributed by atoms with Crippen LogP contribution >= 0.6 is 11.3 Å². The molecule has 4 aromatic rings. The molecule has 1 unspecified atom stereocenters. The van der Waals surface area contributed by atoms with Gasteiger partial charge in [-0.15, -0.1) is 0 Å². The van der Waals surface area contributed by atoms with E-state index in [1.165, 1.54) is 16.2 Å². The van der Waals surface area contributed by atoms with E-state index in [4.69, 9.17) is 9.72 Å². The predicted molar refractivity (Wildman–Crippen MR) is 152 cm³/mol. The van der Waals surface area contributed by atoms with Crippen LogP contribution in [0.2, 0.25) is 0 Å². The maximum Gasteiger partial charge on any atom is 0.301 e. The van der Waals surface area contributed by atoms with Crippen LogP contribution in [0, 0.1) is 27.7 Å². The van der Waals surface area contributed by atoms with Crippen molar-refractivity contribution in [1.29, 1.82) is 0 Å². The van der Waals surface area contributed by atoms with E-state index >= 15 is 0 Å². The molecular formula is C31H30N2O4S. The van der Waals surface area contributed by atoms with Gasteiger partial charge >= 0.3 is 5.91 Å². The summed E-state index contributed by atoms with van der Waals surface area (Å²) < 4.78 is 6.71. The smallest absolute Gasteiger partial charge is 0.301 e. The minimum atomic E-state index is -0.811. The normalized spacial score (nSPS) is 17.0. The molecule has 6 nitrogen and oxygen atoms in total. The zero-order chi connectivity index (χ0) is 27.1. The van der Waals surface area contributed by atoms with Crippen LogP contribution in [0.3, 0.4) is 0 Å². The van der Waals surface area contributed by atoms with E-state index in [2.05, 4.69) is 6.07 Å². The Balaban J connectivity index is 1.68. The lowest BCUT2D eigenvalue weighted by Gasteiger charge is -2.23. The van der Waals surface area contributed by atoms with E-state index in [0.717, 1.165) is 50.2 Å². The van der Waals surface area contributed by atoms with E-state index < -0.39 is 17.7 Å². The molecule has 38 heavy (non-hydrogen) atoms. The molecule has 0 aliphatic carbocycles. The Morgan fingerprint density at radius 1 is 1.00 bits per heavy atom. The first-order chi connectivity index (χ1) is 18.2. The fraction of sp³-hybridized carbons (Fsp3) is 0.258. The van der Waals surface area contributed by atoms with Crippen molar-refractivity contribution < 1.29 is 19.4 Å². The second kappa shape index (κ2) is 10.1. The summed E-state index contributed by atoms with van der Waals surface area (Å²) >= 11 is 1.37. The number of benzene rings is 3. The van der Waals surface area contributed by atoms with Crippen LogP contribution in [0.5, 0.6) is 5.75 Å². The number of carbonyl (C=O) groups is 2. The topological polar surface area (TPSA) is 79.7 Å². The number of aromatic nitrogens is 1. The van der Waals surface area contributed by atoms with Crippen LogP contribution in [0.25, 0.3) is 16.0 Å². The van der Waals surface area contributed by atoms with Gasteiger partial charge in [-0.25, -0.2) is 4.98 Å². The highest BCUT2D eigenvalue weighted by Gasteiger charge is 2.48. The summed E-state index contributed by atoms with van der Waals surface area (Å²) in [5.74, 6) is -0.927. The first kappa shape index (κ1) is 25.7. The molecule has 1 atom stereocenters. The van der Waals surface area contributed by atoms with E-state index in [0.29, 0.717) is 17.3 Å². The number of carbonyl (C=O) groups excluding carboxylic acids is 2. The van der Waals surface area contributed by atoms with Crippen LogP contribution in [0.15, 0.2) is 60.2 Å². The number of nitrogens with zero attached hydrogens (tertiary/aromatic N) is 2. The number of amides is 1. The Bertz CT molecular complexity index is 1580. The first-order valence-electron chi connectivity index (χ1n) is 12.7. The van der Waals surface area contributed by atoms with Gasteiger partial charge in [-0.3, -0.25) is 14.5 Å². The van der Waals surface area contributed by atoms with Gasteiger partial charge in [0.2, 0.25) is 0 Å². The molecule has 5 rings (SSSR count). The number of Topliss-reactive ketones (excluding diaryl/α,β-unsaturated/α-hetero) is 1. The maximum atomic E-state index is 13.5. The lowest BCUT2D eigenvalue weighted by molar-refractivity contribution is -0.132. The van der Waals surface area contributed by atoms with Crippen molar-refractivity contribution in [3.63, 3.8) is 0 Å². The standard InChI is InChI=1S/C31H30N2O4S/c1-6-12-37-24-11-10-22(14-20(24)5)28(34)26-27(21-9-7-8-17(2)13-21)33(30(36)29(26)35)31-32-23-15-18(3)19(4)16-25(23)38-31/h7-11,13-16,27,34H,6,12H2,1-5H3/b28-26+. The number of ether oxygens (including phenoxy) is 1. The van der Waals surface area contributed by atoms with Crippen LogP contribution in [-0.2, 0) is 9.59 Å². The van der Waals surface area contributed by atoms with E-state index in [-0.39, 0.29) is 11.3 Å².